The topological polar surface area (TPSA) is 314 Å². The number of anilines is 1. The van der Waals surface area contributed by atoms with Crippen LogP contribution in [0.5, 0.6) is 0 Å². The number of alkyl halides is 2. The van der Waals surface area contributed by atoms with Crippen LogP contribution in [-0.4, -0.2) is 192 Å². The fourth-order valence-electron chi connectivity index (χ4n) is 14.3. The van der Waals surface area contributed by atoms with Crippen LogP contribution in [0.4, 0.5) is 14.5 Å². The van der Waals surface area contributed by atoms with Gasteiger partial charge in [0, 0.05) is 60.1 Å². The summed E-state index contributed by atoms with van der Waals surface area (Å²) in [6.45, 7) is 5.09. The van der Waals surface area contributed by atoms with Crippen molar-refractivity contribution in [2.24, 2.45) is 22.7 Å². The number of nitrogens with zero attached hydrogens (tertiary/aromatic N) is 1. The molecule has 3 aromatic carbocycles. The van der Waals surface area contributed by atoms with E-state index in [1.807, 2.05) is 55.5 Å². The predicted octanol–water partition coefficient (Wildman–Crippen LogP) is 3.23. The molecule has 1 saturated heterocycles. The number of hydrogen-bond donors (Lipinski definition) is 7. The number of fused-ring (bicyclic) bond motifs is 9. The van der Waals surface area contributed by atoms with E-state index in [0.29, 0.717) is 50.5 Å². The molecule has 3 saturated carbocycles. The van der Waals surface area contributed by atoms with Crippen molar-refractivity contribution in [1.29, 1.82) is 0 Å². The molecule has 2 heterocycles. The number of Topliss-reactive ketones (excluding diaryl/α,β-unsaturated/α-hetero) is 1. The van der Waals surface area contributed by atoms with Crippen molar-refractivity contribution in [2.75, 3.05) is 97.3 Å². The van der Waals surface area contributed by atoms with Crippen molar-refractivity contribution in [2.45, 2.75) is 127 Å². The number of aliphatic hydroxyl groups is 1. The summed E-state index contributed by atoms with van der Waals surface area (Å²) < 4.78 is 74.6. The van der Waals surface area contributed by atoms with Gasteiger partial charge < -0.3 is 75.1 Å². The number of benzene rings is 3. The third-order valence-electron chi connectivity index (χ3n) is 19.1. The molecule has 3 aromatic rings. The summed E-state index contributed by atoms with van der Waals surface area (Å²) in [6.07, 6.45) is -0.692. The average molecular weight is 1350 g/mol. The minimum atomic E-state index is -2.38. The maximum atomic E-state index is 17.9. The van der Waals surface area contributed by atoms with Crippen molar-refractivity contribution in [3.63, 3.8) is 0 Å². The van der Waals surface area contributed by atoms with Gasteiger partial charge in [0.15, 0.2) is 29.1 Å². The normalized spacial score (nSPS) is 25.9. The molecule has 4 aliphatic carbocycles. The first-order chi connectivity index (χ1) is 46.7. The van der Waals surface area contributed by atoms with Crippen LogP contribution in [0.25, 0.3) is 0 Å². The molecule has 1 unspecified atom stereocenters. The van der Waals surface area contributed by atoms with Gasteiger partial charge in [-0.3, -0.25) is 43.2 Å². The van der Waals surface area contributed by atoms with Crippen LogP contribution in [0.15, 0.2) is 103 Å². The van der Waals surface area contributed by atoms with Crippen LogP contribution in [-0.2, 0) is 89.3 Å². The zero-order valence-corrected chi connectivity index (χ0v) is 54.9. The second-order valence-electron chi connectivity index (χ2n) is 25.3. The zero-order valence-electron chi connectivity index (χ0n) is 54.9. The molecule has 0 bridgehead atoms. The Morgan fingerprint density at radius 2 is 1.33 bits per heavy atom. The van der Waals surface area contributed by atoms with Gasteiger partial charge in [0.1, 0.15) is 25.6 Å². The second-order valence-corrected chi connectivity index (χ2v) is 25.3. The molecule has 6 aliphatic rings. The number of allylic oxidation sites excluding steroid dienone is 4. The highest BCUT2D eigenvalue weighted by Crippen LogP contribution is 2.72. The van der Waals surface area contributed by atoms with Gasteiger partial charge in [-0.2, -0.15) is 0 Å². The van der Waals surface area contributed by atoms with Crippen LogP contribution in [0.1, 0.15) is 94.4 Å². The van der Waals surface area contributed by atoms with E-state index in [1.165, 1.54) is 19.1 Å². The van der Waals surface area contributed by atoms with E-state index in [1.54, 1.807) is 42.2 Å². The van der Waals surface area contributed by atoms with Crippen LogP contribution >= 0.6 is 0 Å². The third kappa shape index (κ3) is 17.4. The molecule has 9 rings (SSSR count). The third-order valence-corrected chi connectivity index (χ3v) is 19.1. The highest BCUT2D eigenvalue weighted by atomic mass is 19.1. The van der Waals surface area contributed by atoms with Crippen molar-refractivity contribution < 1.29 is 90.2 Å². The molecule has 7 N–H and O–H groups in total. The monoisotopic (exact) mass is 1350 g/mol. The van der Waals surface area contributed by atoms with Crippen LogP contribution in [0.3, 0.4) is 0 Å². The Hall–Kier alpha value is -8.13. The SMILES string of the molecule is CCCC1O[C@@H]2C[C@H]3[C@@H]4C[C@H](F)C5=CC(=O)C=C[C@]5(C)[C@@]4(F)[C@@H](O)C[C@]3(C)[C@]2(C(=O)COCNC(=O)CNC(=O)[C@H](Cc2ccccc2)NC(=O)CNC(=O)CNC(=O)CCOCCOCCOCCOCCNC(=O)CCC(=O)N2Cc3ccccc3C#Cc3ccccc32)O1. The van der Waals surface area contributed by atoms with Crippen LogP contribution < -0.4 is 36.8 Å². The molecule has 26 heteroatoms. The van der Waals surface area contributed by atoms with E-state index in [0.717, 1.165) is 22.8 Å². The van der Waals surface area contributed by atoms with E-state index in [2.05, 4.69) is 43.7 Å². The molecule has 0 radical (unpaired) electrons. The lowest BCUT2D eigenvalue weighted by Crippen LogP contribution is -2.71. The number of carbonyl (C=O) groups excluding carboxylic acids is 9. The number of rotatable bonds is 35. The van der Waals surface area contributed by atoms with Gasteiger partial charge in [0.05, 0.1) is 96.9 Å². The van der Waals surface area contributed by atoms with Crippen LogP contribution in [0, 0.1) is 34.5 Å². The number of nitrogens with one attached hydrogen (secondary N) is 6. The Morgan fingerprint density at radius 1 is 0.701 bits per heavy atom. The van der Waals surface area contributed by atoms with Gasteiger partial charge in [-0.05, 0) is 85.6 Å². The Bertz CT molecular complexity index is 3480. The van der Waals surface area contributed by atoms with E-state index in [-0.39, 0.29) is 102 Å². The average Bonchev–Trinajstić information content (AvgIpc) is 1.59. The molecular formula is C71H87F2N7O17. The summed E-state index contributed by atoms with van der Waals surface area (Å²) in [5, 5.41) is 27.1. The zero-order chi connectivity index (χ0) is 69.2. The first-order valence-corrected chi connectivity index (χ1v) is 33.1. The summed E-state index contributed by atoms with van der Waals surface area (Å²) in [4.78, 5) is 119. The van der Waals surface area contributed by atoms with Gasteiger partial charge >= 0.3 is 0 Å². The van der Waals surface area contributed by atoms with Gasteiger partial charge in [0.25, 0.3) is 0 Å². The van der Waals surface area contributed by atoms with Crippen LogP contribution in [0.2, 0.25) is 0 Å². The van der Waals surface area contributed by atoms with Crippen molar-refractivity contribution >= 4 is 58.6 Å². The smallest absolute Gasteiger partial charge is 0.243 e. The largest absolute Gasteiger partial charge is 0.390 e. The molecule has 97 heavy (non-hydrogen) atoms. The number of carbonyl (C=O) groups is 9. The lowest BCUT2D eigenvalue weighted by molar-refractivity contribution is -0.235. The summed E-state index contributed by atoms with van der Waals surface area (Å²) in [5.41, 5.74) is -3.07. The van der Waals surface area contributed by atoms with Gasteiger partial charge in [-0.1, -0.05) is 98.8 Å². The number of ketones is 2. The summed E-state index contributed by atoms with van der Waals surface area (Å²) >= 11 is 0. The summed E-state index contributed by atoms with van der Waals surface area (Å²) in [7, 11) is 0. The van der Waals surface area contributed by atoms with E-state index >= 15 is 8.78 Å². The summed E-state index contributed by atoms with van der Waals surface area (Å²) in [6, 6.07) is 22.7. The quantitative estimate of drug-likeness (QED) is 0.0253. The molecular weight excluding hydrogens is 1260 g/mol. The fraction of sp³-hybridized carbons (Fsp3) is 0.535. The Morgan fingerprint density at radius 3 is 2.07 bits per heavy atom. The van der Waals surface area contributed by atoms with Crippen molar-refractivity contribution in [1.82, 2.24) is 31.9 Å². The maximum absolute atomic E-state index is 17.9. The lowest BCUT2D eigenvalue weighted by atomic mass is 9.44. The highest BCUT2D eigenvalue weighted by molar-refractivity contribution is 6.01. The number of para-hydroxylation sites is 1. The Labute approximate surface area is 562 Å². The molecule has 2 aliphatic heterocycles. The standard InChI is InChI=1S/C71H87F2N7O17/c1-4-12-66-96-59-38-51-52-37-54(72)53-36-50(81)23-25-68(53,2)70(52,73)57(82)39-69(51,3)71(59,97-66)58(83)44-95-45-78-63(87)41-77-67(90)55(35-46-13-6-5-7-14-46)79-64(88)42-76-62(86)40-75-61(85)24-27-91-29-31-93-33-34-94-32-30-92-28-26-74-60(84)21-22-65(89)80-43-49-17-9-8-15-47(49)19-20-48-16-10-11-18-56(48)80/h5-11,13-18,23,25,36,51-52,54-55,57,59,66,82H,4,12,21-22,24,26-35,37-45H2,1-3H3,(H,74,84)(H,75,85)(H,76,86)(H,77,90)(H,78,87)(H,79,88)/t51-,52-,54-,55-,57-,59+,66?,68-,69-,70-,71+/m0/s1. The lowest BCUT2D eigenvalue weighted by Gasteiger charge is -2.63. The molecule has 522 valence electrons. The molecule has 0 spiro atoms. The number of hydrogen-bond acceptors (Lipinski definition) is 17. The number of aliphatic hydroxyl groups excluding tert-OH is 1. The first-order valence-electron chi connectivity index (χ1n) is 33.1. The Kier molecular flexibility index (Phi) is 25.6. The van der Waals surface area contributed by atoms with Gasteiger partial charge in [0.2, 0.25) is 41.4 Å². The summed E-state index contributed by atoms with van der Waals surface area (Å²) in [5.74, 6) is -0.193. The second kappa shape index (κ2) is 33.9. The molecule has 0 aromatic heterocycles. The first kappa shape index (κ1) is 73.1. The van der Waals surface area contributed by atoms with Gasteiger partial charge in [-0.15, -0.1) is 0 Å². The van der Waals surface area contributed by atoms with Crippen molar-refractivity contribution in [3.05, 3.63) is 125 Å². The van der Waals surface area contributed by atoms with E-state index in [4.69, 9.17) is 33.2 Å². The number of ether oxygens (including phenoxy) is 7. The van der Waals surface area contributed by atoms with E-state index in [9.17, 15) is 48.3 Å². The Balaban J connectivity index is 0.600. The molecule has 4 fully saturated rings. The maximum Gasteiger partial charge on any atom is 0.243 e. The molecule has 11 atom stereocenters. The fourth-order valence-corrected chi connectivity index (χ4v) is 14.3. The van der Waals surface area contributed by atoms with Crippen molar-refractivity contribution in [3.8, 4) is 11.8 Å². The van der Waals surface area contributed by atoms with Gasteiger partial charge in [-0.25, -0.2) is 8.78 Å². The van der Waals surface area contributed by atoms with E-state index < -0.39 is 139 Å². The number of halogens is 2. The minimum absolute atomic E-state index is 0.0145. The number of amides is 7. The molecule has 7 amide bonds. The highest BCUT2D eigenvalue weighted by Gasteiger charge is 2.80. The predicted molar refractivity (Wildman–Crippen MR) is 347 cm³/mol. The molecule has 24 nitrogen and oxygen atoms in total. The minimum Gasteiger partial charge on any atom is -0.390 e.